The van der Waals surface area contributed by atoms with Crippen LogP contribution in [0.2, 0.25) is 0 Å². The van der Waals surface area contributed by atoms with Gasteiger partial charge >= 0.3 is 0 Å². The molecule has 0 saturated carbocycles. The first kappa shape index (κ1) is 21.7. The molecule has 1 aromatic rings. The van der Waals surface area contributed by atoms with Crippen molar-refractivity contribution in [3.8, 4) is 11.5 Å². The molecule has 2 N–H and O–H groups in total. The molecular weight excluding hydrogens is 394 g/mol. The number of amides is 1. The number of ether oxygens (including phenoxy) is 2. The van der Waals surface area contributed by atoms with Crippen LogP contribution in [0.5, 0.6) is 11.5 Å². The molecule has 152 valence electrons. The van der Waals surface area contributed by atoms with Crippen molar-refractivity contribution in [2.24, 2.45) is 0 Å². The van der Waals surface area contributed by atoms with Gasteiger partial charge in [-0.25, -0.2) is 8.42 Å². The Morgan fingerprint density at radius 2 is 1.85 bits per heavy atom. The summed E-state index contributed by atoms with van der Waals surface area (Å²) in [6, 6.07) is 4.55. The van der Waals surface area contributed by atoms with Gasteiger partial charge < -0.3 is 20.1 Å². The molecule has 2 heterocycles. The summed E-state index contributed by atoms with van der Waals surface area (Å²) in [5, 5.41) is 6.07. The molecule has 3 rings (SSSR count). The molecule has 1 fully saturated rings. The van der Waals surface area contributed by atoms with Gasteiger partial charge in [0.25, 0.3) is 0 Å². The van der Waals surface area contributed by atoms with Gasteiger partial charge in [0.05, 0.1) is 10.6 Å². The highest BCUT2D eigenvalue weighted by molar-refractivity contribution is 7.91. The summed E-state index contributed by atoms with van der Waals surface area (Å²) in [4.78, 5) is 14.4. The lowest BCUT2D eigenvalue weighted by molar-refractivity contribution is -0.120. The number of fused-ring (bicyclic) bond motifs is 1. The van der Waals surface area contributed by atoms with E-state index in [-0.39, 0.29) is 35.4 Å². The Hall–Kier alpha value is -1.55. The van der Waals surface area contributed by atoms with Crippen molar-refractivity contribution in [1.82, 2.24) is 15.5 Å². The van der Waals surface area contributed by atoms with Gasteiger partial charge in [-0.3, -0.25) is 9.69 Å². The van der Waals surface area contributed by atoms with Crippen molar-refractivity contribution in [3.63, 3.8) is 0 Å². The number of halogens is 1. The topological polar surface area (TPSA) is 97.0 Å². The van der Waals surface area contributed by atoms with Crippen LogP contribution in [-0.2, 0) is 14.6 Å². The van der Waals surface area contributed by atoms with Crippen LogP contribution >= 0.6 is 12.4 Å². The average molecular weight is 420 g/mol. The summed E-state index contributed by atoms with van der Waals surface area (Å²) in [5.41, 5.74) is 0. The summed E-state index contributed by atoms with van der Waals surface area (Å²) in [5.74, 6) is 0.492. The van der Waals surface area contributed by atoms with Crippen LogP contribution in [0.1, 0.15) is 6.42 Å². The van der Waals surface area contributed by atoms with Gasteiger partial charge in [0.2, 0.25) is 5.91 Å². The second-order valence-electron chi connectivity index (χ2n) is 6.32. The van der Waals surface area contributed by atoms with Gasteiger partial charge in [0.15, 0.2) is 21.3 Å². The lowest BCUT2D eigenvalue weighted by Crippen LogP contribution is -2.46. The second kappa shape index (κ2) is 10.1. The SMILES string of the molecule is Cl.O=C(CCS(=O)(=O)c1ccc2c(c1)OCCO2)NCCN1CCNCC1. The van der Waals surface area contributed by atoms with E-state index >= 15 is 0 Å². The lowest BCUT2D eigenvalue weighted by atomic mass is 10.3. The van der Waals surface area contributed by atoms with E-state index in [2.05, 4.69) is 15.5 Å². The molecular formula is C17H26ClN3O5S. The van der Waals surface area contributed by atoms with E-state index in [9.17, 15) is 13.2 Å². The van der Waals surface area contributed by atoms with Crippen molar-refractivity contribution < 1.29 is 22.7 Å². The normalized spacial score (nSPS) is 17.0. The fourth-order valence-electron chi connectivity index (χ4n) is 2.94. The molecule has 0 aromatic heterocycles. The highest BCUT2D eigenvalue weighted by Gasteiger charge is 2.20. The molecule has 0 bridgehead atoms. The predicted molar refractivity (Wildman–Crippen MR) is 104 cm³/mol. The third-order valence-electron chi connectivity index (χ3n) is 4.43. The van der Waals surface area contributed by atoms with Gasteiger partial charge in [-0.2, -0.15) is 0 Å². The van der Waals surface area contributed by atoms with Gasteiger partial charge in [0.1, 0.15) is 13.2 Å². The maximum Gasteiger partial charge on any atom is 0.221 e. The number of hydrogen-bond acceptors (Lipinski definition) is 7. The first-order valence-electron chi connectivity index (χ1n) is 8.87. The number of rotatable bonds is 7. The number of hydrogen-bond donors (Lipinski definition) is 2. The summed E-state index contributed by atoms with van der Waals surface area (Å²) in [6.45, 7) is 6.01. The minimum atomic E-state index is -3.55. The smallest absolute Gasteiger partial charge is 0.221 e. The largest absolute Gasteiger partial charge is 0.486 e. The fourth-order valence-corrected chi connectivity index (χ4v) is 4.19. The average Bonchev–Trinajstić information content (AvgIpc) is 2.67. The standard InChI is InChI=1S/C17H25N3O5S.ClH/c21-17(19-6-9-20-7-4-18-5-8-20)3-12-26(22,23)14-1-2-15-16(13-14)25-11-10-24-15;/h1-2,13,18H,3-12H2,(H,19,21);1H. The number of sulfone groups is 1. The monoisotopic (exact) mass is 419 g/mol. The molecule has 2 aliphatic rings. The summed E-state index contributed by atoms with van der Waals surface area (Å²) in [6.07, 6.45) is -0.0572. The quantitative estimate of drug-likeness (QED) is 0.645. The molecule has 0 radical (unpaired) electrons. The first-order valence-corrected chi connectivity index (χ1v) is 10.5. The first-order chi connectivity index (χ1) is 12.5. The van der Waals surface area contributed by atoms with Crippen molar-refractivity contribution in [1.29, 1.82) is 0 Å². The van der Waals surface area contributed by atoms with Crippen LogP contribution in [0.15, 0.2) is 23.1 Å². The molecule has 1 aromatic carbocycles. The van der Waals surface area contributed by atoms with E-state index in [1.807, 2.05) is 0 Å². The Morgan fingerprint density at radius 3 is 2.59 bits per heavy atom. The third-order valence-corrected chi connectivity index (χ3v) is 6.14. The number of nitrogens with zero attached hydrogens (tertiary/aromatic N) is 1. The minimum absolute atomic E-state index is 0. The molecule has 0 atom stereocenters. The zero-order valence-corrected chi connectivity index (χ0v) is 16.7. The third kappa shape index (κ3) is 6.24. The lowest BCUT2D eigenvalue weighted by Gasteiger charge is -2.27. The molecule has 27 heavy (non-hydrogen) atoms. The summed E-state index contributed by atoms with van der Waals surface area (Å²) < 4.78 is 35.7. The Bertz CT molecular complexity index is 738. The van der Waals surface area contributed by atoms with Crippen LogP contribution in [0.25, 0.3) is 0 Å². The number of carbonyl (C=O) groups is 1. The number of benzene rings is 1. The van der Waals surface area contributed by atoms with Crippen molar-refractivity contribution in [2.45, 2.75) is 11.3 Å². The van der Waals surface area contributed by atoms with Gasteiger partial charge in [-0.15, -0.1) is 12.4 Å². The Morgan fingerprint density at radius 1 is 1.15 bits per heavy atom. The Kier molecular flexibility index (Phi) is 8.15. The molecule has 0 aliphatic carbocycles. The van der Waals surface area contributed by atoms with Crippen molar-refractivity contribution >= 4 is 28.2 Å². The van der Waals surface area contributed by atoms with Gasteiger partial charge in [0, 0.05) is 51.8 Å². The zero-order valence-electron chi connectivity index (χ0n) is 15.1. The second-order valence-corrected chi connectivity index (χ2v) is 8.43. The molecule has 1 saturated heterocycles. The highest BCUT2D eigenvalue weighted by Crippen LogP contribution is 2.32. The van der Waals surface area contributed by atoms with Crippen molar-refractivity contribution in [2.75, 3.05) is 58.2 Å². The Labute approximate surface area is 165 Å². The van der Waals surface area contributed by atoms with Crippen LogP contribution in [-0.4, -0.2) is 77.5 Å². The van der Waals surface area contributed by atoms with Crippen molar-refractivity contribution in [3.05, 3.63) is 18.2 Å². The number of piperazine rings is 1. The van der Waals surface area contributed by atoms with E-state index < -0.39 is 9.84 Å². The van der Waals surface area contributed by atoms with E-state index in [4.69, 9.17) is 9.47 Å². The van der Waals surface area contributed by atoms with Crippen LogP contribution < -0.4 is 20.1 Å². The van der Waals surface area contributed by atoms with Crippen LogP contribution in [0, 0.1) is 0 Å². The molecule has 1 amide bonds. The summed E-state index contributed by atoms with van der Waals surface area (Å²) >= 11 is 0. The van der Waals surface area contributed by atoms with E-state index in [0.29, 0.717) is 31.3 Å². The van der Waals surface area contributed by atoms with E-state index in [1.165, 1.54) is 12.1 Å². The van der Waals surface area contributed by atoms with E-state index in [1.54, 1.807) is 6.07 Å². The molecule has 8 nitrogen and oxygen atoms in total. The minimum Gasteiger partial charge on any atom is -0.486 e. The van der Waals surface area contributed by atoms with Crippen LogP contribution in [0.4, 0.5) is 0 Å². The number of nitrogens with one attached hydrogen (secondary N) is 2. The van der Waals surface area contributed by atoms with Crippen LogP contribution in [0.3, 0.4) is 0 Å². The predicted octanol–water partition coefficient (Wildman–Crippen LogP) is 0.0648. The fraction of sp³-hybridized carbons (Fsp3) is 0.588. The molecule has 0 unspecified atom stereocenters. The maximum atomic E-state index is 12.5. The van der Waals surface area contributed by atoms with Gasteiger partial charge in [-0.05, 0) is 12.1 Å². The number of carbonyl (C=O) groups excluding carboxylic acids is 1. The van der Waals surface area contributed by atoms with E-state index in [0.717, 1.165) is 32.7 Å². The van der Waals surface area contributed by atoms with Gasteiger partial charge in [-0.1, -0.05) is 0 Å². The maximum absolute atomic E-state index is 12.5. The molecule has 2 aliphatic heterocycles. The molecule has 10 heteroatoms. The Balaban J connectivity index is 0.00000261. The summed E-state index contributed by atoms with van der Waals surface area (Å²) in [7, 11) is -3.55. The zero-order chi connectivity index (χ0) is 18.4. The highest BCUT2D eigenvalue weighted by atomic mass is 35.5. The molecule has 0 spiro atoms.